The van der Waals surface area contributed by atoms with Gasteiger partial charge in [0.05, 0.1) is 5.56 Å². The van der Waals surface area contributed by atoms with Crippen molar-refractivity contribution in [2.75, 3.05) is 23.7 Å². The minimum Gasteiger partial charge on any atom is -0.478 e. The van der Waals surface area contributed by atoms with Gasteiger partial charge in [0.1, 0.15) is 5.82 Å². The summed E-state index contributed by atoms with van der Waals surface area (Å²) in [6, 6.07) is 3.27. The predicted octanol–water partition coefficient (Wildman–Crippen LogP) is 2.03. The van der Waals surface area contributed by atoms with E-state index in [2.05, 4.69) is 16.8 Å². The van der Waals surface area contributed by atoms with Crippen LogP contribution >= 0.6 is 11.8 Å². The molecule has 1 aliphatic heterocycles. The average Bonchev–Trinajstić information content (AvgIpc) is 2.28. The van der Waals surface area contributed by atoms with E-state index < -0.39 is 5.97 Å². The highest BCUT2D eigenvalue weighted by molar-refractivity contribution is 8.00. The van der Waals surface area contributed by atoms with Crippen LogP contribution in [0.4, 0.5) is 5.82 Å². The summed E-state index contributed by atoms with van der Waals surface area (Å²) in [5.41, 5.74) is 1.07. The minimum atomic E-state index is -0.892. The second-order valence-electron chi connectivity index (χ2n) is 4.29. The normalized spacial score (nSPS) is 20.4. The van der Waals surface area contributed by atoms with E-state index in [-0.39, 0.29) is 0 Å². The van der Waals surface area contributed by atoms with Crippen molar-refractivity contribution in [1.82, 2.24) is 4.98 Å². The number of aromatic carboxylic acids is 1. The van der Waals surface area contributed by atoms with Crippen molar-refractivity contribution in [3.05, 3.63) is 23.4 Å². The molecule has 0 bridgehead atoms. The first-order valence-corrected chi connectivity index (χ1v) is 6.69. The van der Waals surface area contributed by atoms with Crippen LogP contribution in [-0.2, 0) is 0 Å². The van der Waals surface area contributed by atoms with Crippen molar-refractivity contribution in [3.63, 3.8) is 0 Å². The van der Waals surface area contributed by atoms with Gasteiger partial charge in [0.15, 0.2) is 0 Å². The summed E-state index contributed by atoms with van der Waals surface area (Å²) in [5, 5.41) is 9.60. The first-order valence-electron chi connectivity index (χ1n) is 5.65. The monoisotopic (exact) mass is 252 g/mol. The Morgan fingerprint density at radius 1 is 1.59 bits per heavy atom. The van der Waals surface area contributed by atoms with Crippen LogP contribution in [0.25, 0.3) is 0 Å². The summed E-state index contributed by atoms with van der Waals surface area (Å²) >= 11 is 1.95. The first kappa shape index (κ1) is 12.2. The van der Waals surface area contributed by atoms with Crippen molar-refractivity contribution in [3.8, 4) is 0 Å². The zero-order valence-corrected chi connectivity index (χ0v) is 10.8. The number of rotatable bonds is 2. The number of carboxylic acid groups (broad SMARTS) is 1. The highest BCUT2D eigenvalue weighted by Gasteiger charge is 2.19. The number of pyridine rings is 1. The van der Waals surface area contributed by atoms with Crippen LogP contribution in [0.15, 0.2) is 12.1 Å². The molecule has 1 aromatic heterocycles. The van der Waals surface area contributed by atoms with Crippen LogP contribution < -0.4 is 4.90 Å². The van der Waals surface area contributed by atoms with E-state index in [1.54, 1.807) is 12.1 Å². The molecule has 0 radical (unpaired) electrons. The molecule has 17 heavy (non-hydrogen) atoms. The molecule has 1 N–H and O–H groups in total. The minimum absolute atomic E-state index is 0.318. The molecule has 2 heterocycles. The molecule has 0 aliphatic carbocycles. The van der Waals surface area contributed by atoms with Crippen LogP contribution in [0.5, 0.6) is 0 Å². The van der Waals surface area contributed by atoms with Gasteiger partial charge in [-0.1, -0.05) is 6.92 Å². The molecule has 1 atom stereocenters. The Labute approximate surface area is 105 Å². The fraction of sp³-hybridized carbons (Fsp3) is 0.500. The Morgan fingerprint density at radius 3 is 3.00 bits per heavy atom. The van der Waals surface area contributed by atoms with Gasteiger partial charge in [0.2, 0.25) is 0 Å². The maximum absolute atomic E-state index is 11.0. The molecule has 1 saturated heterocycles. The maximum atomic E-state index is 11.0. The number of carbonyl (C=O) groups is 1. The fourth-order valence-electron chi connectivity index (χ4n) is 1.96. The largest absolute Gasteiger partial charge is 0.478 e. The summed E-state index contributed by atoms with van der Waals surface area (Å²) in [5.74, 6) is 0.963. The van der Waals surface area contributed by atoms with Gasteiger partial charge in [0.25, 0.3) is 0 Å². The number of nitrogens with zero attached hydrogens (tertiary/aromatic N) is 2. The second-order valence-corrected chi connectivity index (χ2v) is 5.83. The molecule has 1 aliphatic rings. The number of aryl methyl sites for hydroxylation is 1. The highest BCUT2D eigenvalue weighted by Crippen LogP contribution is 2.23. The Bertz CT molecular complexity index is 437. The summed E-state index contributed by atoms with van der Waals surface area (Å²) in [4.78, 5) is 17.6. The van der Waals surface area contributed by atoms with Crippen molar-refractivity contribution in [2.24, 2.45) is 0 Å². The van der Waals surface area contributed by atoms with Gasteiger partial charge in [-0.3, -0.25) is 0 Å². The number of hydrogen-bond donors (Lipinski definition) is 1. The molecule has 0 spiro atoms. The molecule has 5 heteroatoms. The second kappa shape index (κ2) is 4.96. The van der Waals surface area contributed by atoms with Crippen molar-refractivity contribution in [1.29, 1.82) is 0 Å². The topological polar surface area (TPSA) is 53.4 Å². The van der Waals surface area contributed by atoms with Gasteiger partial charge in [-0.15, -0.1) is 0 Å². The number of thioether (sulfide) groups is 1. The summed E-state index contributed by atoms with van der Waals surface area (Å²) in [6.07, 6.45) is 0. The molecule has 0 saturated carbocycles. The van der Waals surface area contributed by atoms with Gasteiger partial charge in [-0.2, -0.15) is 11.8 Å². The molecular weight excluding hydrogens is 236 g/mol. The Hall–Kier alpha value is -1.23. The van der Waals surface area contributed by atoms with Gasteiger partial charge in [-0.05, 0) is 19.1 Å². The van der Waals surface area contributed by atoms with E-state index >= 15 is 0 Å². The van der Waals surface area contributed by atoms with Gasteiger partial charge in [0, 0.05) is 29.8 Å². The van der Waals surface area contributed by atoms with E-state index in [1.807, 2.05) is 18.7 Å². The fourth-order valence-corrected chi connectivity index (χ4v) is 2.98. The van der Waals surface area contributed by atoms with E-state index in [1.165, 1.54) is 0 Å². The molecule has 0 amide bonds. The maximum Gasteiger partial charge on any atom is 0.335 e. The molecular formula is C12H16N2O2S. The van der Waals surface area contributed by atoms with Crippen LogP contribution in [0.2, 0.25) is 0 Å². The standard InChI is InChI=1S/C12H16N2O2S/c1-8-5-10(12(15)16)6-11(13-8)14-3-4-17-9(2)7-14/h5-6,9H,3-4,7H2,1-2H3,(H,15,16). The lowest BCUT2D eigenvalue weighted by atomic mass is 10.2. The van der Waals surface area contributed by atoms with E-state index in [9.17, 15) is 4.79 Å². The highest BCUT2D eigenvalue weighted by atomic mass is 32.2. The molecule has 4 nitrogen and oxygen atoms in total. The molecule has 1 aromatic rings. The van der Waals surface area contributed by atoms with Gasteiger partial charge >= 0.3 is 5.97 Å². The van der Waals surface area contributed by atoms with Gasteiger partial charge < -0.3 is 10.0 Å². The lowest BCUT2D eigenvalue weighted by Gasteiger charge is -2.31. The third-order valence-corrected chi connectivity index (χ3v) is 3.89. The number of anilines is 1. The summed E-state index contributed by atoms with van der Waals surface area (Å²) in [7, 11) is 0. The molecule has 0 aromatic carbocycles. The molecule has 1 unspecified atom stereocenters. The van der Waals surface area contributed by atoms with Crippen molar-refractivity contribution < 1.29 is 9.90 Å². The van der Waals surface area contributed by atoms with E-state index in [4.69, 9.17) is 5.11 Å². The van der Waals surface area contributed by atoms with Crippen LogP contribution in [0.1, 0.15) is 23.0 Å². The number of carboxylic acids is 1. The van der Waals surface area contributed by atoms with Crippen LogP contribution in [-0.4, -0.2) is 40.2 Å². The average molecular weight is 252 g/mol. The molecule has 2 rings (SSSR count). The Balaban J connectivity index is 2.28. The first-order chi connectivity index (χ1) is 8.06. The zero-order chi connectivity index (χ0) is 12.4. The van der Waals surface area contributed by atoms with Crippen molar-refractivity contribution in [2.45, 2.75) is 19.1 Å². The zero-order valence-electron chi connectivity index (χ0n) is 10.0. The SMILES string of the molecule is Cc1cc(C(=O)O)cc(N2CCSC(C)C2)n1. The lowest BCUT2D eigenvalue weighted by molar-refractivity contribution is 0.0696. The lowest BCUT2D eigenvalue weighted by Crippen LogP contribution is -2.37. The molecule has 1 fully saturated rings. The summed E-state index contributed by atoms with van der Waals surface area (Å²) < 4.78 is 0. The van der Waals surface area contributed by atoms with Crippen molar-refractivity contribution >= 4 is 23.5 Å². The van der Waals surface area contributed by atoms with Crippen LogP contribution in [0.3, 0.4) is 0 Å². The Kier molecular flexibility index (Phi) is 3.57. The number of hydrogen-bond acceptors (Lipinski definition) is 4. The van der Waals surface area contributed by atoms with Gasteiger partial charge in [-0.25, -0.2) is 9.78 Å². The third-order valence-electron chi connectivity index (χ3n) is 2.75. The summed E-state index contributed by atoms with van der Waals surface area (Å²) in [6.45, 7) is 5.88. The van der Waals surface area contributed by atoms with E-state index in [0.29, 0.717) is 10.8 Å². The smallest absolute Gasteiger partial charge is 0.335 e. The Morgan fingerprint density at radius 2 is 2.35 bits per heavy atom. The quantitative estimate of drug-likeness (QED) is 0.872. The molecule has 92 valence electrons. The van der Waals surface area contributed by atoms with Crippen LogP contribution in [0, 0.1) is 6.92 Å². The van der Waals surface area contributed by atoms with E-state index in [0.717, 1.165) is 30.4 Å². The predicted molar refractivity (Wildman–Crippen MR) is 70.1 cm³/mol. The number of aromatic nitrogens is 1. The third kappa shape index (κ3) is 2.91.